The van der Waals surface area contributed by atoms with Gasteiger partial charge in [0.25, 0.3) is 0 Å². The van der Waals surface area contributed by atoms with Gasteiger partial charge in [0, 0.05) is 68.1 Å². The molecule has 2 aromatic carbocycles. The van der Waals surface area contributed by atoms with Crippen LogP contribution in [0.4, 0.5) is 8.78 Å². The molecule has 6 rings (SSSR count). The largest absolute Gasteiger partial charge is 0.354 e. The van der Waals surface area contributed by atoms with Crippen LogP contribution in [0.25, 0.3) is 44.3 Å². The number of nitrogens with one attached hydrogen (secondary N) is 2. The quantitative estimate of drug-likeness (QED) is 0.206. The second-order valence-electron chi connectivity index (χ2n) is 8.41. The molecule has 0 amide bonds. The van der Waals surface area contributed by atoms with Gasteiger partial charge in [-0.1, -0.05) is 0 Å². The predicted molar refractivity (Wildman–Crippen MR) is 148 cm³/mol. The van der Waals surface area contributed by atoms with Crippen molar-refractivity contribution in [1.29, 1.82) is 0 Å². The third-order valence-corrected chi connectivity index (χ3v) is 6.99. The Morgan fingerprint density at radius 3 is 1.92 bits per heavy atom. The SMILES string of the molecule is Cc1cc(-c2cc3c(F)c(Br)ccc3[nH]2)ccn1.Cc1cc(-c2cc3cc(Br)c(F)cc3[nH]2)ccn1. The molecular formula is C28H20Br2F2N4. The van der Waals surface area contributed by atoms with Gasteiger partial charge in [0.1, 0.15) is 11.6 Å². The Balaban J connectivity index is 0.000000148. The van der Waals surface area contributed by atoms with Gasteiger partial charge < -0.3 is 9.97 Å². The van der Waals surface area contributed by atoms with Gasteiger partial charge in [0.15, 0.2) is 0 Å². The molecule has 0 aliphatic heterocycles. The minimum absolute atomic E-state index is 0.235. The first-order valence-corrected chi connectivity index (χ1v) is 12.7. The lowest BCUT2D eigenvalue weighted by molar-refractivity contribution is 0.623. The predicted octanol–water partition coefficient (Wildman–Crippen LogP) is 8.88. The molecule has 4 nitrogen and oxygen atoms in total. The van der Waals surface area contributed by atoms with Gasteiger partial charge in [-0.15, -0.1) is 0 Å². The molecule has 180 valence electrons. The van der Waals surface area contributed by atoms with Gasteiger partial charge in [-0.3, -0.25) is 9.97 Å². The Labute approximate surface area is 223 Å². The van der Waals surface area contributed by atoms with E-state index in [4.69, 9.17) is 0 Å². The highest BCUT2D eigenvalue weighted by Gasteiger charge is 2.10. The fourth-order valence-electron chi connectivity index (χ4n) is 4.01. The molecule has 0 fully saturated rings. The second kappa shape index (κ2) is 9.95. The number of rotatable bonds is 2. The number of fused-ring (bicyclic) bond motifs is 2. The molecule has 0 saturated heterocycles. The highest BCUT2D eigenvalue weighted by molar-refractivity contribution is 9.10. The lowest BCUT2D eigenvalue weighted by atomic mass is 10.1. The Morgan fingerprint density at radius 2 is 1.28 bits per heavy atom. The number of benzene rings is 2. The van der Waals surface area contributed by atoms with E-state index in [1.807, 2.05) is 56.3 Å². The molecule has 0 radical (unpaired) electrons. The van der Waals surface area contributed by atoms with Crippen LogP contribution in [0.1, 0.15) is 11.4 Å². The average Bonchev–Trinajstić information content (AvgIpc) is 3.47. The van der Waals surface area contributed by atoms with Crippen LogP contribution < -0.4 is 0 Å². The fourth-order valence-corrected chi connectivity index (χ4v) is 4.71. The first kappa shape index (κ1) is 24.3. The second-order valence-corrected chi connectivity index (χ2v) is 10.1. The fraction of sp³-hybridized carbons (Fsp3) is 0.0714. The summed E-state index contributed by atoms with van der Waals surface area (Å²) in [4.78, 5) is 14.8. The van der Waals surface area contributed by atoms with Crippen molar-refractivity contribution in [2.75, 3.05) is 0 Å². The lowest BCUT2D eigenvalue weighted by Gasteiger charge is -1.98. The van der Waals surface area contributed by atoms with Crippen molar-refractivity contribution in [3.8, 4) is 22.5 Å². The van der Waals surface area contributed by atoms with Crippen LogP contribution in [0.15, 0.2) is 82.0 Å². The third-order valence-electron chi connectivity index (χ3n) is 5.77. The molecule has 36 heavy (non-hydrogen) atoms. The van der Waals surface area contributed by atoms with Crippen molar-refractivity contribution in [3.63, 3.8) is 0 Å². The van der Waals surface area contributed by atoms with Crippen molar-refractivity contribution in [1.82, 2.24) is 19.9 Å². The molecule has 4 heterocycles. The highest BCUT2D eigenvalue weighted by Crippen LogP contribution is 2.30. The number of aromatic nitrogens is 4. The third kappa shape index (κ3) is 4.96. The van der Waals surface area contributed by atoms with Crippen molar-refractivity contribution < 1.29 is 8.78 Å². The van der Waals surface area contributed by atoms with Crippen LogP contribution in [0.2, 0.25) is 0 Å². The number of pyridine rings is 2. The smallest absolute Gasteiger partial charge is 0.146 e. The highest BCUT2D eigenvalue weighted by atomic mass is 79.9. The number of aromatic amines is 2. The maximum Gasteiger partial charge on any atom is 0.146 e. The van der Waals surface area contributed by atoms with E-state index in [0.29, 0.717) is 14.3 Å². The number of nitrogens with zero attached hydrogens (tertiary/aromatic N) is 2. The Hall–Kier alpha value is -3.36. The summed E-state index contributed by atoms with van der Waals surface area (Å²) in [5.74, 6) is -0.498. The molecule has 4 aromatic heterocycles. The minimum atomic E-state index is -0.262. The molecule has 0 spiro atoms. The molecular weight excluding hydrogens is 590 g/mol. The Morgan fingerprint density at radius 1 is 0.667 bits per heavy atom. The monoisotopic (exact) mass is 608 g/mol. The van der Waals surface area contributed by atoms with Crippen LogP contribution in [-0.4, -0.2) is 19.9 Å². The molecule has 6 aromatic rings. The number of halogens is 4. The van der Waals surface area contributed by atoms with Crippen molar-refractivity contribution in [2.45, 2.75) is 13.8 Å². The first-order valence-electron chi connectivity index (χ1n) is 11.1. The van der Waals surface area contributed by atoms with Crippen LogP contribution in [0.3, 0.4) is 0 Å². The van der Waals surface area contributed by atoms with E-state index in [9.17, 15) is 8.78 Å². The summed E-state index contributed by atoms with van der Waals surface area (Å²) in [6.45, 7) is 3.88. The standard InChI is InChI=1S/2C14H10BrFN2/c1-8-4-9(2-3-17-8)13-6-10-5-11(15)12(16)7-14(10)18-13;1-8-6-9(4-5-17-8)13-7-10-12(18-13)3-2-11(15)14(10)16/h2*2-7,18H,1H3. The summed E-state index contributed by atoms with van der Waals surface area (Å²) in [5, 5.41) is 1.57. The van der Waals surface area contributed by atoms with Crippen molar-refractivity contribution in [3.05, 3.63) is 105 Å². The Kier molecular flexibility index (Phi) is 6.73. The average molecular weight is 610 g/mol. The van der Waals surface area contributed by atoms with E-state index >= 15 is 0 Å². The molecule has 0 bridgehead atoms. The summed E-state index contributed by atoms with van der Waals surface area (Å²) in [6.07, 6.45) is 3.52. The number of aryl methyl sites for hydroxylation is 2. The zero-order valence-corrected chi connectivity index (χ0v) is 22.5. The molecule has 2 N–H and O–H groups in total. The summed E-state index contributed by atoms with van der Waals surface area (Å²) in [6, 6.07) is 18.5. The molecule has 0 atom stereocenters. The number of H-pyrrole nitrogens is 2. The summed E-state index contributed by atoms with van der Waals surface area (Å²) in [5.41, 5.74) is 7.40. The van der Waals surface area contributed by atoms with Crippen LogP contribution in [0.5, 0.6) is 0 Å². The minimum Gasteiger partial charge on any atom is -0.354 e. The normalized spacial score (nSPS) is 11.1. The molecule has 0 saturated carbocycles. The van der Waals surface area contributed by atoms with E-state index in [1.54, 1.807) is 24.5 Å². The van der Waals surface area contributed by atoms with Gasteiger partial charge in [-0.05, 0) is 106 Å². The van der Waals surface area contributed by atoms with Gasteiger partial charge in [0.2, 0.25) is 0 Å². The summed E-state index contributed by atoms with van der Waals surface area (Å²) >= 11 is 6.39. The molecule has 0 aliphatic rings. The van der Waals surface area contributed by atoms with Crippen LogP contribution in [0, 0.1) is 25.5 Å². The zero-order chi connectivity index (χ0) is 25.4. The topological polar surface area (TPSA) is 57.4 Å². The van der Waals surface area contributed by atoms with Gasteiger partial charge in [-0.2, -0.15) is 0 Å². The number of hydrogen-bond donors (Lipinski definition) is 2. The van der Waals surface area contributed by atoms with Crippen LogP contribution >= 0.6 is 31.9 Å². The van der Waals surface area contributed by atoms with Gasteiger partial charge in [0.05, 0.1) is 8.95 Å². The van der Waals surface area contributed by atoms with E-state index in [0.717, 1.165) is 50.3 Å². The molecule has 0 aliphatic carbocycles. The first-order chi connectivity index (χ1) is 17.3. The van der Waals surface area contributed by atoms with E-state index in [-0.39, 0.29) is 11.6 Å². The van der Waals surface area contributed by atoms with E-state index in [2.05, 4.69) is 51.8 Å². The Bertz CT molecular complexity index is 1680. The van der Waals surface area contributed by atoms with Gasteiger partial charge >= 0.3 is 0 Å². The lowest BCUT2D eigenvalue weighted by Crippen LogP contribution is -1.82. The van der Waals surface area contributed by atoms with Crippen molar-refractivity contribution in [2.24, 2.45) is 0 Å². The van der Waals surface area contributed by atoms with E-state index < -0.39 is 0 Å². The number of hydrogen-bond acceptors (Lipinski definition) is 2. The van der Waals surface area contributed by atoms with Crippen molar-refractivity contribution >= 4 is 53.7 Å². The molecule has 8 heteroatoms. The summed E-state index contributed by atoms with van der Waals surface area (Å²) < 4.78 is 28.3. The van der Waals surface area contributed by atoms with Crippen LogP contribution in [-0.2, 0) is 0 Å². The summed E-state index contributed by atoms with van der Waals surface area (Å²) in [7, 11) is 0. The maximum absolute atomic E-state index is 13.9. The molecule has 0 unspecified atom stereocenters. The maximum atomic E-state index is 13.9. The zero-order valence-electron chi connectivity index (χ0n) is 19.3. The van der Waals surface area contributed by atoms with E-state index in [1.165, 1.54) is 6.07 Å². The van der Waals surface area contributed by atoms with Gasteiger partial charge in [-0.25, -0.2) is 8.78 Å².